The van der Waals surface area contributed by atoms with Crippen LogP contribution in [-0.4, -0.2) is 16.6 Å². The van der Waals surface area contributed by atoms with Gasteiger partial charge < -0.3 is 10.1 Å². The Morgan fingerprint density at radius 1 is 1.24 bits per heavy atom. The van der Waals surface area contributed by atoms with Gasteiger partial charge >= 0.3 is 6.18 Å². The SMILES string of the molecule is CCCCCOc1nc(Nc2ccccc2C#N)ncc1C(F)(F)F. The quantitative estimate of drug-likeness (QED) is 0.734. The number of alkyl halides is 3. The molecule has 0 atom stereocenters. The number of halogens is 3. The highest BCUT2D eigenvalue weighted by molar-refractivity contribution is 5.63. The van der Waals surface area contributed by atoms with Crippen LogP contribution in [0.2, 0.25) is 0 Å². The maximum atomic E-state index is 13.1. The van der Waals surface area contributed by atoms with Crippen molar-refractivity contribution in [1.82, 2.24) is 9.97 Å². The first-order chi connectivity index (χ1) is 12.0. The van der Waals surface area contributed by atoms with E-state index < -0.39 is 17.6 Å². The van der Waals surface area contributed by atoms with E-state index in [0.717, 1.165) is 12.8 Å². The highest BCUT2D eigenvalue weighted by atomic mass is 19.4. The number of para-hydroxylation sites is 1. The van der Waals surface area contributed by atoms with E-state index in [9.17, 15) is 13.2 Å². The third kappa shape index (κ3) is 5.08. The van der Waals surface area contributed by atoms with E-state index in [-0.39, 0.29) is 12.6 Å². The van der Waals surface area contributed by atoms with Crippen LogP contribution >= 0.6 is 0 Å². The van der Waals surface area contributed by atoms with Crippen molar-refractivity contribution in [1.29, 1.82) is 5.26 Å². The summed E-state index contributed by atoms with van der Waals surface area (Å²) in [7, 11) is 0. The zero-order chi connectivity index (χ0) is 18.3. The lowest BCUT2D eigenvalue weighted by Crippen LogP contribution is -2.13. The fourth-order valence-corrected chi connectivity index (χ4v) is 2.06. The molecular formula is C17H17F3N4O. The summed E-state index contributed by atoms with van der Waals surface area (Å²) in [5, 5.41) is 11.8. The third-order valence-corrected chi connectivity index (χ3v) is 3.34. The normalized spacial score (nSPS) is 11.0. The van der Waals surface area contributed by atoms with E-state index in [1.54, 1.807) is 24.3 Å². The number of benzene rings is 1. The smallest absolute Gasteiger partial charge is 0.423 e. The lowest BCUT2D eigenvalue weighted by Gasteiger charge is -2.14. The van der Waals surface area contributed by atoms with Gasteiger partial charge in [-0.1, -0.05) is 31.9 Å². The second-order valence-electron chi connectivity index (χ2n) is 5.25. The summed E-state index contributed by atoms with van der Waals surface area (Å²) in [4.78, 5) is 7.52. The molecule has 8 heteroatoms. The van der Waals surface area contributed by atoms with Gasteiger partial charge in [0.25, 0.3) is 0 Å². The fraction of sp³-hybridized carbons (Fsp3) is 0.353. The van der Waals surface area contributed by atoms with Crippen LogP contribution in [0.15, 0.2) is 30.5 Å². The average Bonchev–Trinajstić information content (AvgIpc) is 2.58. The Balaban J connectivity index is 2.26. The summed E-state index contributed by atoms with van der Waals surface area (Å²) >= 11 is 0. The molecule has 0 aliphatic rings. The lowest BCUT2D eigenvalue weighted by molar-refractivity contribution is -0.139. The van der Waals surface area contributed by atoms with Crippen molar-refractivity contribution in [3.8, 4) is 11.9 Å². The van der Waals surface area contributed by atoms with Crippen LogP contribution in [0, 0.1) is 11.3 Å². The standard InChI is InChI=1S/C17H17F3N4O/c1-2-3-6-9-25-15-13(17(18,19)20)11-22-16(24-15)23-14-8-5-4-7-12(14)10-21/h4-5,7-8,11H,2-3,6,9H2,1H3,(H,22,23,24). The summed E-state index contributed by atoms with van der Waals surface area (Å²) in [6, 6.07) is 8.55. The van der Waals surface area contributed by atoms with Crippen molar-refractivity contribution in [2.45, 2.75) is 32.4 Å². The van der Waals surface area contributed by atoms with Crippen LogP contribution in [0.25, 0.3) is 0 Å². The van der Waals surface area contributed by atoms with Crippen molar-refractivity contribution >= 4 is 11.6 Å². The molecule has 0 unspecified atom stereocenters. The molecule has 0 saturated heterocycles. The van der Waals surface area contributed by atoms with E-state index >= 15 is 0 Å². The molecule has 132 valence electrons. The molecule has 0 bridgehead atoms. The summed E-state index contributed by atoms with van der Waals surface area (Å²) in [5.74, 6) is -0.586. The van der Waals surface area contributed by atoms with Gasteiger partial charge in [0.1, 0.15) is 11.6 Å². The van der Waals surface area contributed by atoms with Gasteiger partial charge in [-0.3, -0.25) is 0 Å². The van der Waals surface area contributed by atoms with Gasteiger partial charge in [-0.05, 0) is 18.6 Å². The Morgan fingerprint density at radius 3 is 2.68 bits per heavy atom. The van der Waals surface area contributed by atoms with Gasteiger partial charge in [0.15, 0.2) is 0 Å². The van der Waals surface area contributed by atoms with Crippen LogP contribution in [0.3, 0.4) is 0 Å². The topological polar surface area (TPSA) is 70.8 Å². The number of nitrogens with one attached hydrogen (secondary N) is 1. The highest BCUT2D eigenvalue weighted by Gasteiger charge is 2.36. The molecule has 1 aromatic heterocycles. The number of hydrogen-bond acceptors (Lipinski definition) is 5. The minimum Gasteiger partial charge on any atom is -0.477 e. The maximum absolute atomic E-state index is 13.1. The highest BCUT2D eigenvalue weighted by Crippen LogP contribution is 2.35. The summed E-state index contributed by atoms with van der Waals surface area (Å²) in [6.07, 6.45) is -1.51. The number of anilines is 2. The third-order valence-electron chi connectivity index (χ3n) is 3.34. The molecule has 0 spiro atoms. The molecule has 1 heterocycles. The first-order valence-corrected chi connectivity index (χ1v) is 7.79. The summed E-state index contributed by atoms with van der Waals surface area (Å²) < 4.78 is 44.5. The Kier molecular flexibility index (Phi) is 6.17. The zero-order valence-electron chi connectivity index (χ0n) is 13.6. The molecule has 1 aromatic carbocycles. The Hall–Kier alpha value is -2.82. The molecule has 0 amide bonds. The monoisotopic (exact) mass is 350 g/mol. The van der Waals surface area contributed by atoms with Crippen LogP contribution in [0.4, 0.5) is 24.8 Å². The van der Waals surface area contributed by atoms with E-state index in [1.165, 1.54) is 0 Å². The van der Waals surface area contributed by atoms with Crippen molar-refractivity contribution < 1.29 is 17.9 Å². The predicted octanol–water partition coefficient (Wildman–Crippen LogP) is 4.68. The molecule has 1 N–H and O–H groups in total. The number of hydrogen-bond donors (Lipinski definition) is 1. The van der Waals surface area contributed by atoms with Crippen LogP contribution in [0.5, 0.6) is 5.88 Å². The van der Waals surface area contributed by atoms with Gasteiger partial charge in [-0.15, -0.1) is 0 Å². The van der Waals surface area contributed by atoms with E-state index in [0.29, 0.717) is 23.9 Å². The molecule has 0 aliphatic carbocycles. The van der Waals surface area contributed by atoms with Crippen LogP contribution < -0.4 is 10.1 Å². The zero-order valence-corrected chi connectivity index (χ0v) is 13.6. The number of nitrogens with zero attached hydrogens (tertiary/aromatic N) is 3. The van der Waals surface area contributed by atoms with E-state index in [1.807, 2.05) is 13.0 Å². The number of nitriles is 1. The van der Waals surface area contributed by atoms with Gasteiger partial charge in [-0.2, -0.15) is 23.4 Å². The molecule has 2 aromatic rings. The molecule has 0 fully saturated rings. The first-order valence-electron chi connectivity index (χ1n) is 7.79. The maximum Gasteiger partial charge on any atom is 0.423 e. The molecule has 2 rings (SSSR count). The van der Waals surface area contributed by atoms with Gasteiger partial charge in [0.05, 0.1) is 17.9 Å². The summed E-state index contributed by atoms with van der Waals surface area (Å²) in [5.41, 5.74) is -0.291. The van der Waals surface area contributed by atoms with Crippen molar-refractivity contribution in [3.63, 3.8) is 0 Å². The minimum atomic E-state index is -4.61. The van der Waals surface area contributed by atoms with E-state index in [2.05, 4.69) is 15.3 Å². The minimum absolute atomic E-state index is 0.0683. The van der Waals surface area contributed by atoms with Gasteiger partial charge in [0.2, 0.25) is 11.8 Å². The second-order valence-corrected chi connectivity index (χ2v) is 5.25. The average molecular weight is 350 g/mol. The Bertz CT molecular complexity index is 756. The van der Waals surface area contributed by atoms with Crippen molar-refractivity contribution in [2.24, 2.45) is 0 Å². The molecule has 25 heavy (non-hydrogen) atoms. The van der Waals surface area contributed by atoms with E-state index in [4.69, 9.17) is 10.00 Å². The number of rotatable bonds is 7. The number of unbranched alkanes of at least 4 members (excludes halogenated alkanes) is 2. The van der Waals surface area contributed by atoms with Crippen molar-refractivity contribution in [3.05, 3.63) is 41.6 Å². The lowest BCUT2D eigenvalue weighted by atomic mass is 10.2. The van der Waals surface area contributed by atoms with Crippen LogP contribution in [0.1, 0.15) is 37.3 Å². The molecule has 0 saturated carbocycles. The molecule has 0 radical (unpaired) electrons. The van der Waals surface area contributed by atoms with Gasteiger partial charge in [0, 0.05) is 6.20 Å². The first kappa shape index (κ1) is 18.5. The second kappa shape index (κ2) is 8.33. The van der Waals surface area contributed by atoms with Crippen molar-refractivity contribution in [2.75, 3.05) is 11.9 Å². The molecular weight excluding hydrogens is 333 g/mol. The Morgan fingerprint density at radius 2 is 2.00 bits per heavy atom. The Labute approximate surface area is 143 Å². The largest absolute Gasteiger partial charge is 0.477 e. The number of ether oxygens (including phenoxy) is 1. The predicted molar refractivity (Wildman–Crippen MR) is 86.5 cm³/mol. The molecule has 0 aliphatic heterocycles. The number of aromatic nitrogens is 2. The van der Waals surface area contributed by atoms with Gasteiger partial charge in [-0.25, -0.2) is 4.98 Å². The summed E-state index contributed by atoms with van der Waals surface area (Å²) in [6.45, 7) is 2.13. The van der Waals surface area contributed by atoms with Crippen LogP contribution in [-0.2, 0) is 6.18 Å². The molecule has 5 nitrogen and oxygen atoms in total. The fourth-order valence-electron chi connectivity index (χ4n) is 2.06.